The molecule has 1 heterocycles. The van der Waals surface area contributed by atoms with Gasteiger partial charge in [0.1, 0.15) is 0 Å². The molecule has 4 nitrogen and oxygen atoms in total. The molecule has 1 amide bonds. The van der Waals surface area contributed by atoms with Crippen molar-refractivity contribution in [1.29, 1.82) is 0 Å². The maximum atomic E-state index is 12.2. The van der Waals surface area contributed by atoms with Gasteiger partial charge in [0.05, 0.1) is 12.5 Å². The summed E-state index contributed by atoms with van der Waals surface area (Å²) in [5.41, 5.74) is 0.726. The molecule has 126 valence electrons. The number of halogens is 1. The summed E-state index contributed by atoms with van der Waals surface area (Å²) in [7, 11) is 0. The predicted octanol–water partition coefficient (Wildman–Crippen LogP) is 2.90. The van der Waals surface area contributed by atoms with E-state index in [1.807, 2.05) is 0 Å². The van der Waals surface area contributed by atoms with Gasteiger partial charge in [-0.1, -0.05) is 36.6 Å². The Kier molecular flexibility index (Phi) is 5.57. The minimum Gasteiger partial charge on any atom is -0.388 e. The second-order valence-corrected chi connectivity index (χ2v) is 7.19. The van der Waals surface area contributed by atoms with E-state index in [1.54, 1.807) is 24.3 Å². The van der Waals surface area contributed by atoms with E-state index in [9.17, 15) is 9.90 Å². The standard InChI is InChI=1S/C18H25ClN2O2/c19-14-7-5-13(6-8-14)17(22)11-18(23)20-15-9-10-21(12-15)16-3-1-2-4-16/h5-8,15-17,22H,1-4,9-12H2,(H,20,23). The number of carbonyl (C=O) groups excluding carboxylic acids is 1. The number of nitrogens with one attached hydrogen (secondary N) is 1. The van der Waals surface area contributed by atoms with Crippen molar-refractivity contribution in [2.24, 2.45) is 0 Å². The van der Waals surface area contributed by atoms with E-state index in [0.29, 0.717) is 5.02 Å². The molecule has 2 atom stereocenters. The monoisotopic (exact) mass is 336 g/mol. The van der Waals surface area contributed by atoms with Crippen molar-refractivity contribution < 1.29 is 9.90 Å². The average molecular weight is 337 g/mol. The number of rotatable bonds is 5. The summed E-state index contributed by atoms with van der Waals surface area (Å²) in [5, 5.41) is 13.9. The zero-order valence-electron chi connectivity index (χ0n) is 13.4. The van der Waals surface area contributed by atoms with Crippen LogP contribution in [0.25, 0.3) is 0 Å². The predicted molar refractivity (Wildman–Crippen MR) is 91.4 cm³/mol. The van der Waals surface area contributed by atoms with Crippen molar-refractivity contribution >= 4 is 17.5 Å². The molecule has 0 spiro atoms. The Bertz CT molecular complexity index is 528. The van der Waals surface area contributed by atoms with E-state index in [4.69, 9.17) is 11.6 Å². The summed E-state index contributed by atoms with van der Waals surface area (Å²) in [6.07, 6.45) is 5.61. The van der Waals surface area contributed by atoms with E-state index in [-0.39, 0.29) is 18.4 Å². The second-order valence-electron chi connectivity index (χ2n) is 6.76. The Balaban J connectivity index is 1.45. The van der Waals surface area contributed by atoms with Crippen molar-refractivity contribution in [3.8, 4) is 0 Å². The Hall–Kier alpha value is -1.10. The molecule has 3 rings (SSSR count). The van der Waals surface area contributed by atoms with Gasteiger partial charge in [0.2, 0.25) is 5.91 Å². The number of hydrogen-bond acceptors (Lipinski definition) is 3. The largest absolute Gasteiger partial charge is 0.388 e. The number of amides is 1. The normalized spacial score (nSPS) is 24.0. The fourth-order valence-electron chi connectivity index (χ4n) is 3.77. The van der Waals surface area contributed by atoms with E-state index >= 15 is 0 Å². The highest BCUT2D eigenvalue weighted by atomic mass is 35.5. The third-order valence-corrected chi connectivity index (χ3v) is 5.31. The van der Waals surface area contributed by atoms with Gasteiger partial charge in [-0.05, 0) is 37.0 Å². The summed E-state index contributed by atoms with van der Waals surface area (Å²) < 4.78 is 0. The zero-order chi connectivity index (χ0) is 16.2. The Morgan fingerprint density at radius 2 is 1.96 bits per heavy atom. The molecule has 1 aliphatic heterocycles. The van der Waals surface area contributed by atoms with Crippen LogP contribution in [0.2, 0.25) is 5.02 Å². The average Bonchev–Trinajstić information content (AvgIpc) is 3.18. The van der Waals surface area contributed by atoms with E-state index < -0.39 is 6.10 Å². The number of aliphatic hydroxyl groups excluding tert-OH is 1. The number of benzene rings is 1. The first kappa shape index (κ1) is 16.7. The van der Waals surface area contributed by atoms with Crippen LogP contribution >= 0.6 is 11.6 Å². The third kappa shape index (κ3) is 4.46. The van der Waals surface area contributed by atoms with Crippen LogP contribution in [0.1, 0.15) is 50.2 Å². The molecular weight excluding hydrogens is 312 g/mol. The molecule has 1 saturated carbocycles. The molecule has 2 aliphatic rings. The lowest BCUT2D eigenvalue weighted by molar-refractivity contribution is -0.123. The van der Waals surface area contributed by atoms with Crippen LogP contribution in [-0.2, 0) is 4.79 Å². The Morgan fingerprint density at radius 3 is 2.65 bits per heavy atom. The molecule has 1 aromatic rings. The first-order chi connectivity index (χ1) is 11.1. The second kappa shape index (κ2) is 7.65. The summed E-state index contributed by atoms with van der Waals surface area (Å²) in [6, 6.07) is 7.93. The zero-order valence-corrected chi connectivity index (χ0v) is 14.1. The van der Waals surface area contributed by atoms with Gasteiger partial charge in [-0.2, -0.15) is 0 Å². The lowest BCUT2D eigenvalue weighted by Crippen LogP contribution is -2.39. The molecule has 2 unspecified atom stereocenters. The topological polar surface area (TPSA) is 52.6 Å². The smallest absolute Gasteiger partial charge is 0.223 e. The van der Waals surface area contributed by atoms with Crippen molar-refractivity contribution in [2.45, 2.75) is 56.7 Å². The molecule has 1 aromatic carbocycles. The molecule has 2 fully saturated rings. The fraction of sp³-hybridized carbons (Fsp3) is 0.611. The summed E-state index contributed by atoms with van der Waals surface area (Å²) >= 11 is 5.84. The molecule has 0 aromatic heterocycles. The minimum atomic E-state index is -0.778. The van der Waals surface area contributed by atoms with E-state index in [1.165, 1.54) is 25.7 Å². The van der Waals surface area contributed by atoms with Crippen molar-refractivity contribution in [2.75, 3.05) is 13.1 Å². The van der Waals surface area contributed by atoms with Crippen LogP contribution in [0.3, 0.4) is 0 Å². The van der Waals surface area contributed by atoms with Crippen molar-refractivity contribution in [3.63, 3.8) is 0 Å². The van der Waals surface area contributed by atoms with Gasteiger partial charge in [0.15, 0.2) is 0 Å². The van der Waals surface area contributed by atoms with Crippen LogP contribution in [-0.4, -0.2) is 41.1 Å². The first-order valence-corrected chi connectivity index (χ1v) is 8.96. The first-order valence-electron chi connectivity index (χ1n) is 8.59. The van der Waals surface area contributed by atoms with Crippen molar-refractivity contribution in [3.05, 3.63) is 34.9 Å². The van der Waals surface area contributed by atoms with E-state index in [2.05, 4.69) is 10.2 Å². The van der Waals surface area contributed by atoms with Crippen molar-refractivity contribution in [1.82, 2.24) is 10.2 Å². The van der Waals surface area contributed by atoms with Gasteiger partial charge < -0.3 is 10.4 Å². The lowest BCUT2D eigenvalue weighted by atomic mass is 10.1. The molecular formula is C18H25ClN2O2. The van der Waals surface area contributed by atoms with Crippen LogP contribution in [0.5, 0.6) is 0 Å². The Morgan fingerprint density at radius 1 is 1.26 bits per heavy atom. The number of likely N-dealkylation sites (tertiary alicyclic amines) is 1. The number of aliphatic hydroxyl groups is 1. The molecule has 0 bridgehead atoms. The molecule has 23 heavy (non-hydrogen) atoms. The summed E-state index contributed by atoms with van der Waals surface area (Å²) in [4.78, 5) is 14.7. The van der Waals surface area contributed by atoms with Crippen LogP contribution in [0.4, 0.5) is 0 Å². The minimum absolute atomic E-state index is 0.0780. The SMILES string of the molecule is O=C(CC(O)c1ccc(Cl)cc1)NC1CCN(C2CCCC2)C1. The van der Waals surface area contributed by atoms with E-state index in [0.717, 1.165) is 31.1 Å². The highest BCUT2D eigenvalue weighted by molar-refractivity contribution is 6.30. The van der Waals surface area contributed by atoms with Crippen LogP contribution in [0.15, 0.2) is 24.3 Å². The lowest BCUT2D eigenvalue weighted by Gasteiger charge is -2.23. The van der Waals surface area contributed by atoms with Crippen LogP contribution < -0.4 is 5.32 Å². The summed E-state index contributed by atoms with van der Waals surface area (Å²) in [6.45, 7) is 2.03. The molecule has 1 saturated heterocycles. The third-order valence-electron chi connectivity index (χ3n) is 5.06. The van der Waals surface area contributed by atoms with Gasteiger partial charge in [-0.15, -0.1) is 0 Å². The Labute approximate surface area is 142 Å². The maximum Gasteiger partial charge on any atom is 0.223 e. The number of nitrogens with zero attached hydrogens (tertiary/aromatic N) is 1. The highest BCUT2D eigenvalue weighted by Gasteiger charge is 2.30. The van der Waals surface area contributed by atoms with Gasteiger partial charge in [-0.3, -0.25) is 9.69 Å². The van der Waals surface area contributed by atoms with Gasteiger partial charge in [0, 0.05) is 30.2 Å². The quantitative estimate of drug-likeness (QED) is 0.869. The molecule has 5 heteroatoms. The van der Waals surface area contributed by atoms with Gasteiger partial charge >= 0.3 is 0 Å². The van der Waals surface area contributed by atoms with Gasteiger partial charge in [-0.25, -0.2) is 0 Å². The van der Waals surface area contributed by atoms with Gasteiger partial charge in [0.25, 0.3) is 0 Å². The maximum absolute atomic E-state index is 12.2. The molecule has 1 aliphatic carbocycles. The number of hydrogen-bond donors (Lipinski definition) is 2. The summed E-state index contributed by atoms with van der Waals surface area (Å²) in [5.74, 6) is -0.0780. The fourth-order valence-corrected chi connectivity index (χ4v) is 3.90. The molecule has 2 N–H and O–H groups in total. The number of carbonyl (C=O) groups is 1. The molecule has 0 radical (unpaired) electrons. The van der Waals surface area contributed by atoms with Crippen LogP contribution in [0, 0.1) is 0 Å². The highest BCUT2D eigenvalue weighted by Crippen LogP contribution is 2.26.